The zero-order valence-corrected chi connectivity index (χ0v) is 9.41. The fourth-order valence-electron chi connectivity index (χ4n) is 1.94. The minimum absolute atomic E-state index is 0.202. The molecule has 17 heavy (non-hydrogen) atoms. The van der Waals surface area contributed by atoms with Crippen molar-refractivity contribution >= 4 is 17.7 Å². The van der Waals surface area contributed by atoms with Gasteiger partial charge in [-0.05, 0) is 6.42 Å². The van der Waals surface area contributed by atoms with Crippen LogP contribution in [0.2, 0.25) is 0 Å². The maximum absolute atomic E-state index is 11.8. The molecule has 0 aromatic heterocycles. The van der Waals surface area contributed by atoms with E-state index in [1.807, 2.05) is 0 Å². The highest BCUT2D eigenvalue weighted by atomic mass is 16.2. The second-order valence-corrected chi connectivity index (χ2v) is 4.22. The van der Waals surface area contributed by atoms with Gasteiger partial charge in [-0.15, -0.1) is 0 Å². The van der Waals surface area contributed by atoms with Gasteiger partial charge in [-0.3, -0.25) is 19.7 Å². The SMILES string of the molecule is O=C1CCC(NC(=O)C2CNCCN2)C(=O)N1. The molecule has 0 aromatic rings. The molecule has 2 aliphatic heterocycles. The van der Waals surface area contributed by atoms with Gasteiger partial charge in [0.2, 0.25) is 17.7 Å². The number of piperazine rings is 1. The first-order valence-corrected chi connectivity index (χ1v) is 5.75. The fourth-order valence-corrected chi connectivity index (χ4v) is 1.94. The number of hydrogen-bond acceptors (Lipinski definition) is 5. The summed E-state index contributed by atoms with van der Waals surface area (Å²) in [5.74, 6) is -0.900. The Morgan fingerprint density at radius 2 is 2.12 bits per heavy atom. The zero-order chi connectivity index (χ0) is 12.3. The number of imide groups is 1. The van der Waals surface area contributed by atoms with E-state index in [-0.39, 0.29) is 24.3 Å². The third kappa shape index (κ3) is 3.01. The average Bonchev–Trinajstić information content (AvgIpc) is 2.34. The number of carbonyl (C=O) groups is 3. The summed E-state index contributed by atoms with van der Waals surface area (Å²) in [7, 11) is 0. The minimum Gasteiger partial charge on any atom is -0.343 e. The summed E-state index contributed by atoms with van der Waals surface area (Å²) >= 11 is 0. The second kappa shape index (κ2) is 5.24. The lowest BCUT2D eigenvalue weighted by Gasteiger charge is -2.27. The topological polar surface area (TPSA) is 99.3 Å². The van der Waals surface area contributed by atoms with E-state index in [9.17, 15) is 14.4 Å². The lowest BCUT2D eigenvalue weighted by Crippen LogP contribution is -2.60. The van der Waals surface area contributed by atoms with Gasteiger partial charge < -0.3 is 16.0 Å². The van der Waals surface area contributed by atoms with Crippen molar-refractivity contribution in [3.05, 3.63) is 0 Å². The number of amides is 3. The van der Waals surface area contributed by atoms with Gasteiger partial charge in [0, 0.05) is 26.1 Å². The van der Waals surface area contributed by atoms with Crippen LogP contribution in [0.15, 0.2) is 0 Å². The molecule has 3 amide bonds. The van der Waals surface area contributed by atoms with Crippen molar-refractivity contribution in [2.24, 2.45) is 0 Å². The lowest BCUT2D eigenvalue weighted by molar-refractivity contribution is -0.137. The Hall–Kier alpha value is -1.47. The molecule has 0 aliphatic carbocycles. The van der Waals surface area contributed by atoms with Gasteiger partial charge in [-0.25, -0.2) is 0 Å². The Kier molecular flexibility index (Phi) is 3.70. The van der Waals surface area contributed by atoms with E-state index in [1.165, 1.54) is 0 Å². The van der Waals surface area contributed by atoms with Gasteiger partial charge in [-0.2, -0.15) is 0 Å². The first-order valence-electron chi connectivity index (χ1n) is 5.75. The van der Waals surface area contributed by atoms with Crippen LogP contribution in [-0.2, 0) is 14.4 Å². The summed E-state index contributed by atoms with van der Waals surface area (Å²) in [5, 5.41) is 11.0. The third-order valence-electron chi connectivity index (χ3n) is 2.91. The molecule has 94 valence electrons. The second-order valence-electron chi connectivity index (χ2n) is 4.22. The summed E-state index contributed by atoms with van der Waals surface area (Å²) in [6.45, 7) is 2.12. The molecule has 2 fully saturated rings. The van der Waals surface area contributed by atoms with Gasteiger partial charge in [0.25, 0.3) is 0 Å². The van der Waals surface area contributed by atoms with Crippen LogP contribution < -0.4 is 21.3 Å². The van der Waals surface area contributed by atoms with Crippen molar-refractivity contribution < 1.29 is 14.4 Å². The molecule has 2 aliphatic rings. The molecule has 4 N–H and O–H groups in total. The quantitative estimate of drug-likeness (QED) is 0.399. The van der Waals surface area contributed by atoms with Crippen LogP contribution in [0.5, 0.6) is 0 Å². The molecule has 0 aromatic carbocycles. The summed E-state index contributed by atoms with van der Waals surface area (Å²) in [6.07, 6.45) is 0.642. The zero-order valence-electron chi connectivity index (χ0n) is 9.41. The van der Waals surface area contributed by atoms with Crippen molar-refractivity contribution in [3.8, 4) is 0 Å². The normalized spacial score (nSPS) is 29.6. The van der Waals surface area contributed by atoms with E-state index in [2.05, 4.69) is 21.3 Å². The average molecular weight is 240 g/mol. The highest BCUT2D eigenvalue weighted by molar-refractivity contribution is 6.02. The molecule has 0 bridgehead atoms. The monoisotopic (exact) mass is 240 g/mol. The molecular formula is C10H16N4O3. The Morgan fingerprint density at radius 1 is 1.29 bits per heavy atom. The van der Waals surface area contributed by atoms with Crippen LogP contribution in [0.4, 0.5) is 0 Å². The van der Waals surface area contributed by atoms with Crippen molar-refractivity contribution in [1.29, 1.82) is 0 Å². The third-order valence-corrected chi connectivity index (χ3v) is 2.91. The number of hydrogen-bond donors (Lipinski definition) is 4. The van der Waals surface area contributed by atoms with E-state index in [0.717, 1.165) is 13.1 Å². The van der Waals surface area contributed by atoms with Gasteiger partial charge in [0.15, 0.2) is 0 Å². The summed E-state index contributed by atoms with van der Waals surface area (Å²) in [4.78, 5) is 34.2. The molecule has 2 rings (SSSR count). The Morgan fingerprint density at radius 3 is 2.76 bits per heavy atom. The van der Waals surface area contributed by atoms with Crippen molar-refractivity contribution in [2.45, 2.75) is 24.9 Å². The molecule has 7 nitrogen and oxygen atoms in total. The summed E-state index contributed by atoms with van der Waals surface area (Å²) in [6, 6.07) is -0.905. The Bertz CT molecular complexity index is 338. The van der Waals surface area contributed by atoms with E-state index < -0.39 is 11.9 Å². The van der Waals surface area contributed by atoms with E-state index >= 15 is 0 Å². The first kappa shape index (κ1) is 12.0. The minimum atomic E-state index is -0.594. The molecular weight excluding hydrogens is 224 g/mol. The maximum atomic E-state index is 11.8. The van der Waals surface area contributed by atoms with E-state index in [0.29, 0.717) is 13.0 Å². The first-order chi connectivity index (χ1) is 8.16. The van der Waals surface area contributed by atoms with Crippen LogP contribution in [0.3, 0.4) is 0 Å². The highest BCUT2D eigenvalue weighted by Crippen LogP contribution is 2.04. The molecule has 2 saturated heterocycles. The molecule has 0 radical (unpaired) electrons. The molecule has 2 atom stereocenters. The van der Waals surface area contributed by atoms with Crippen LogP contribution in [-0.4, -0.2) is 49.4 Å². The largest absolute Gasteiger partial charge is 0.343 e. The van der Waals surface area contributed by atoms with Gasteiger partial charge in [-0.1, -0.05) is 0 Å². The molecule has 2 unspecified atom stereocenters. The summed E-state index contributed by atoms with van der Waals surface area (Å²) < 4.78 is 0. The molecule has 0 spiro atoms. The molecule has 0 saturated carbocycles. The van der Waals surface area contributed by atoms with E-state index in [4.69, 9.17) is 0 Å². The van der Waals surface area contributed by atoms with Crippen molar-refractivity contribution in [2.75, 3.05) is 19.6 Å². The van der Waals surface area contributed by atoms with Crippen LogP contribution in [0.25, 0.3) is 0 Å². The number of nitrogens with one attached hydrogen (secondary N) is 4. The standard InChI is InChI=1S/C10H16N4O3/c15-8-2-1-6(9(16)14-8)13-10(17)7-5-11-3-4-12-7/h6-7,11-12H,1-5H2,(H,13,17)(H,14,15,16). The van der Waals surface area contributed by atoms with Crippen LogP contribution in [0, 0.1) is 0 Å². The summed E-state index contributed by atoms with van der Waals surface area (Å²) in [5.41, 5.74) is 0. The van der Waals surface area contributed by atoms with Crippen molar-refractivity contribution in [3.63, 3.8) is 0 Å². The van der Waals surface area contributed by atoms with Gasteiger partial charge in [0.05, 0.1) is 6.04 Å². The highest BCUT2D eigenvalue weighted by Gasteiger charge is 2.30. The van der Waals surface area contributed by atoms with Gasteiger partial charge >= 0.3 is 0 Å². The smallest absolute Gasteiger partial charge is 0.249 e. The number of carbonyl (C=O) groups excluding carboxylic acids is 3. The van der Waals surface area contributed by atoms with E-state index in [1.54, 1.807) is 0 Å². The molecule has 2 heterocycles. The molecule has 7 heteroatoms. The Balaban J connectivity index is 1.85. The predicted octanol–water partition coefficient (Wildman–Crippen LogP) is -2.53. The Labute approximate surface area is 98.7 Å². The van der Waals surface area contributed by atoms with Crippen LogP contribution >= 0.6 is 0 Å². The predicted molar refractivity (Wildman–Crippen MR) is 59.0 cm³/mol. The number of piperidine rings is 1. The number of rotatable bonds is 2. The van der Waals surface area contributed by atoms with Crippen molar-refractivity contribution in [1.82, 2.24) is 21.3 Å². The maximum Gasteiger partial charge on any atom is 0.249 e. The lowest BCUT2D eigenvalue weighted by atomic mass is 10.1. The van der Waals surface area contributed by atoms with Gasteiger partial charge in [0.1, 0.15) is 6.04 Å². The fraction of sp³-hybridized carbons (Fsp3) is 0.700. The van der Waals surface area contributed by atoms with Crippen LogP contribution in [0.1, 0.15) is 12.8 Å².